The van der Waals surface area contributed by atoms with E-state index in [-0.39, 0.29) is 11.4 Å². The number of halogens is 1. The summed E-state index contributed by atoms with van der Waals surface area (Å²) < 4.78 is 28.4. The Morgan fingerprint density at radius 3 is 2.72 bits per heavy atom. The molecule has 0 aliphatic rings. The first kappa shape index (κ1) is 13.1. The topological polar surface area (TPSA) is 51.1 Å². The van der Waals surface area contributed by atoms with Crippen molar-refractivity contribution in [2.75, 3.05) is 0 Å². The molecule has 0 spiro atoms. The van der Waals surface area contributed by atoms with Crippen molar-refractivity contribution in [2.24, 2.45) is 7.05 Å². The van der Waals surface area contributed by atoms with E-state index >= 15 is 0 Å². The van der Waals surface area contributed by atoms with E-state index in [0.29, 0.717) is 5.02 Å². The molecule has 2 aromatic rings. The molecule has 0 amide bonds. The fraction of sp³-hybridized carbons (Fsp3) is 0.167. The van der Waals surface area contributed by atoms with Crippen molar-refractivity contribution >= 4 is 21.6 Å². The summed E-state index contributed by atoms with van der Waals surface area (Å²) in [5.41, 5.74) is 0.906. The number of nitrogens with zero attached hydrogens (tertiary/aromatic N) is 1. The number of nitrogens with one attached hydrogen (secondary N) is 1. The third-order valence-corrected chi connectivity index (χ3v) is 4.10. The Morgan fingerprint density at radius 1 is 1.33 bits per heavy atom. The molecule has 0 aliphatic heterocycles. The van der Waals surface area contributed by atoms with E-state index in [2.05, 4.69) is 4.72 Å². The molecule has 0 atom stereocenters. The molecule has 4 nitrogen and oxygen atoms in total. The molecule has 0 bridgehead atoms. The summed E-state index contributed by atoms with van der Waals surface area (Å²) in [4.78, 5) is 0.172. The van der Waals surface area contributed by atoms with Crippen LogP contribution in [-0.2, 0) is 23.6 Å². The maximum absolute atomic E-state index is 12.0. The van der Waals surface area contributed by atoms with Crippen molar-refractivity contribution in [1.82, 2.24) is 9.29 Å². The zero-order valence-electron chi connectivity index (χ0n) is 9.80. The van der Waals surface area contributed by atoms with Crippen LogP contribution < -0.4 is 4.72 Å². The van der Waals surface area contributed by atoms with Crippen LogP contribution in [0.15, 0.2) is 47.6 Å². The average Bonchev–Trinajstić information content (AvgIpc) is 2.73. The molecule has 6 heteroatoms. The van der Waals surface area contributed by atoms with Crippen molar-refractivity contribution in [1.29, 1.82) is 0 Å². The zero-order chi connectivity index (χ0) is 13.2. The van der Waals surface area contributed by atoms with Crippen LogP contribution in [-0.4, -0.2) is 13.0 Å². The fourth-order valence-electron chi connectivity index (χ4n) is 1.56. The number of rotatable bonds is 4. The first-order valence-electron chi connectivity index (χ1n) is 5.33. The van der Waals surface area contributed by atoms with Crippen molar-refractivity contribution in [3.05, 3.63) is 53.3 Å². The summed E-state index contributed by atoms with van der Waals surface area (Å²) in [7, 11) is -1.63. The van der Waals surface area contributed by atoms with Crippen LogP contribution in [0.3, 0.4) is 0 Å². The lowest BCUT2D eigenvalue weighted by Crippen LogP contribution is -2.23. The Kier molecular flexibility index (Phi) is 3.75. The standard InChI is InChI=1S/C12H13ClN2O2S/c1-15-6-5-10(9-15)8-14-18(16,17)12-4-2-3-11(13)7-12/h2-7,9,14H,8H2,1H3. The summed E-state index contributed by atoms with van der Waals surface area (Å²) >= 11 is 5.78. The molecular formula is C12H13ClN2O2S. The first-order valence-corrected chi connectivity index (χ1v) is 7.19. The third-order valence-electron chi connectivity index (χ3n) is 2.47. The molecule has 1 aromatic carbocycles. The molecule has 1 heterocycles. The van der Waals surface area contributed by atoms with E-state index in [1.54, 1.807) is 12.1 Å². The fourth-order valence-corrected chi connectivity index (χ4v) is 2.88. The highest BCUT2D eigenvalue weighted by Gasteiger charge is 2.13. The summed E-state index contributed by atoms with van der Waals surface area (Å²) in [5.74, 6) is 0. The third kappa shape index (κ3) is 3.13. The lowest BCUT2D eigenvalue weighted by Gasteiger charge is -2.05. The Hall–Kier alpha value is -1.30. The highest BCUT2D eigenvalue weighted by molar-refractivity contribution is 7.89. The van der Waals surface area contributed by atoms with Crippen LogP contribution in [0.25, 0.3) is 0 Å². The van der Waals surface area contributed by atoms with Gasteiger partial charge in [0.05, 0.1) is 4.90 Å². The molecule has 96 valence electrons. The second-order valence-electron chi connectivity index (χ2n) is 3.97. The summed E-state index contributed by atoms with van der Waals surface area (Å²) in [6.07, 6.45) is 3.73. The minimum Gasteiger partial charge on any atom is -0.357 e. The van der Waals surface area contributed by atoms with Crippen LogP contribution >= 0.6 is 11.6 Å². The van der Waals surface area contributed by atoms with Crippen LogP contribution in [0.4, 0.5) is 0 Å². The van der Waals surface area contributed by atoms with Gasteiger partial charge in [-0.1, -0.05) is 17.7 Å². The lowest BCUT2D eigenvalue weighted by atomic mass is 10.3. The summed E-state index contributed by atoms with van der Waals surface area (Å²) in [5, 5.41) is 0.401. The highest BCUT2D eigenvalue weighted by Crippen LogP contribution is 2.15. The van der Waals surface area contributed by atoms with E-state index < -0.39 is 10.0 Å². The number of aromatic nitrogens is 1. The van der Waals surface area contributed by atoms with E-state index in [0.717, 1.165) is 5.56 Å². The smallest absolute Gasteiger partial charge is 0.240 e. The molecule has 0 radical (unpaired) electrons. The molecule has 0 unspecified atom stereocenters. The SMILES string of the molecule is Cn1ccc(CNS(=O)(=O)c2cccc(Cl)c2)c1. The van der Waals surface area contributed by atoms with Gasteiger partial charge in [0, 0.05) is 31.0 Å². The van der Waals surface area contributed by atoms with Gasteiger partial charge in [0.2, 0.25) is 10.0 Å². The molecule has 2 rings (SSSR count). The van der Waals surface area contributed by atoms with E-state index in [9.17, 15) is 8.42 Å². The molecule has 0 fully saturated rings. The van der Waals surface area contributed by atoms with Crippen molar-refractivity contribution in [3.8, 4) is 0 Å². The normalized spacial score (nSPS) is 11.7. The Balaban J connectivity index is 2.13. The molecule has 1 N–H and O–H groups in total. The Labute approximate surface area is 111 Å². The quantitative estimate of drug-likeness (QED) is 0.935. The van der Waals surface area contributed by atoms with E-state index in [1.807, 2.05) is 30.1 Å². The van der Waals surface area contributed by atoms with Gasteiger partial charge in [-0.05, 0) is 29.8 Å². The lowest BCUT2D eigenvalue weighted by molar-refractivity contribution is 0.581. The maximum Gasteiger partial charge on any atom is 0.240 e. The number of hydrogen-bond donors (Lipinski definition) is 1. The predicted molar refractivity (Wildman–Crippen MR) is 70.9 cm³/mol. The summed E-state index contributed by atoms with van der Waals surface area (Å²) in [6.45, 7) is 0.260. The van der Waals surface area contributed by atoms with E-state index in [1.165, 1.54) is 12.1 Å². The van der Waals surface area contributed by atoms with Gasteiger partial charge in [-0.2, -0.15) is 0 Å². The number of sulfonamides is 1. The Bertz CT molecular complexity index is 650. The molecular weight excluding hydrogens is 272 g/mol. The largest absolute Gasteiger partial charge is 0.357 e. The van der Waals surface area contributed by atoms with Gasteiger partial charge in [0.25, 0.3) is 0 Å². The zero-order valence-corrected chi connectivity index (χ0v) is 11.4. The predicted octanol–water partition coefficient (Wildman–Crippen LogP) is 2.16. The average molecular weight is 285 g/mol. The molecule has 1 aromatic heterocycles. The van der Waals surface area contributed by atoms with Gasteiger partial charge in [0.1, 0.15) is 0 Å². The molecule has 18 heavy (non-hydrogen) atoms. The monoisotopic (exact) mass is 284 g/mol. The van der Waals surface area contributed by atoms with Crippen molar-refractivity contribution in [2.45, 2.75) is 11.4 Å². The number of aryl methyl sites for hydroxylation is 1. The van der Waals surface area contributed by atoms with Crippen LogP contribution in [0.2, 0.25) is 5.02 Å². The second-order valence-corrected chi connectivity index (χ2v) is 6.17. The van der Waals surface area contributed by atoms with Crippen LogP contribution in [0.5, 0.6) is 0 Å². The molecule has 0 saturated heterocycles. The number of benzene rings is 1. The summed E-state index contributed by atoms with van der Waals surface area (Å²) in [6, 6.07) is 8.05. The van der Waals surface area contributed by atoms with Gasteiger partial charge in [-0.25, -0.2) is 13.1 Å². The van der Waals surface area contributed by atoms with Crippen LogP contribution in [0.1, 0.15) is 5.56 Å². The first-order chi connectivity index (χ1) is 8.47. The highest BCUT2D eigenvalue weighted by atomic mass is 35.5. The van der Waals surface area contributed by atoms with Crippen LogP contribution in [0, 0.1) is 0 Å². The minimum absolute atomic E-state index is 0.172. The van der Waals surface area contributed by atoms with Gasteiger partial charge in [0.15, 0.2) is 0 Å². The van der Waals surface area contributed by atoms with Crippen molar-refractivity contribution < 1.29 is 8.42 Å². The second kappa shape index (κ2) is 5.14. The van der Waals surface area contributed by atoms with Gasteiger partial charge in [-0.3, -0.25) is 0 Å². The molecule has 0 aliphatic carbocycles. The molecule has 0 saturated carbocycles. The van der Waals surface area contributed by atoms with E-state index in [4.69, 9.17) is 11.6 Å². The van der Waals surface area contributed by atoms with Crippen molar-refractivity contribution in [3.63, 3.8) is 0 Å². The maximum atomic E-state index is 12.0. The number of hydrogen-bond acceptors (Lipinski definition) is 2. The van der Waals surface area contributed by atoms with Gasteiger partial charge in [-0.15, -0.1) is 0 Å². The van der Waals surface area contributed by atoms with Gasteiger partial charge < -0.3 is 4.57 Å². The minimum atomic E-state index is -3.52. The Morgan fingerprint density at radius 2 is 2.11 bits per heavy atom. The van der Waals surface area contributed by atoms with Gasteiger partial charge >= 0.3 is 0 Å².